The van der Waals surface area contributed by atoms with E-state index in [0.717, 1.165) is 20.2 Å². The quantitative estimate of drug-likeness (QED) is 0.393. The van der Waals surface area contributed by atoms with Crippen molar-refractivity contribution in [3.63, 3.8) is 0 Å². The van der Waals surface area contributed by atoms with Gasteiger partial charge in [0.25, 0.3) is 0 Å². The molecule has 4 rings (SSSR count). The van der Waals surface area contributed by atoms with Gasteiger partial charge >= 0.3 is 5.97 Å². The Morgan fingerprint density at radius 3 is 1.67 bits per heavy atom. The van der Waals surface area contributed by atoms with E-state index in [1.54, 1.807) is 18.2 Å². The van der Waals surface area contributed by atoms with Crippen molar-refractivity contribution in [2.45, 2.75) is 21.6 Å². The fraction of sp³-hybridized carbons (Fsp3) is 0.0385. The number of aryl methyl sites for hydroxylation is 1. The van der Waals surface area contributed by atoms with E-state index in [1.165, 1.54) is 6.07 Å². The summed E-state index contributed by atoms with van der Waals surface area (Å²) >= 11 is 0. The maximum Gasteiger partial charge on any atom is 0.353 e. The monoisotopic (exact) mass is 414 g/mol. The van der Waals surface area contributed by atoms with Crippen molar-refractivity contribution >= 4 is 16.3 Å². The molecule has 0 fully saturated rings. The Labute approximate surface area is 178 Å². The molecule has 1 N–H and O–H groups in total. The van der Waals surface area contributed by atoms with E-state index in [0.29, 0.717) is 0 Å². The number of benzene rings is 4. The second kappa shape index (κ2) is 8.47. The van der Waals surface area contributed by atoms with Gasteiger partial charge in [-0.3, -0.25) is 0 Å². The molecule has 0 aliphatic carbocycles. The number of rotatable bonds is 5. The van der Waals surface area contributed by atoms with Crippen LogP contribution >= 0.6 is 10.3 Å². The minimum atomic E-state index is -2.37. The van der Waals surface area contributed by atoms with Gasteiger partial charge in [0.1, 0.15) is 11.3 Å². The van der Waals surface area contributed by atoms with Gasteiger partial charge in [-0.05, 0) is 65.8 Å². The Kier molecular flexibility index (Phi) is 5.59. The van der Waals surface area contributed by atoms with Gasteiger partial charge in [-0.15, -0.1) is 0 Å². The first-order valence-electron chi connectivity index (χ1n) is 9.63. The number of phenols is 1. The standard InChI is InChI=1S/C26H22O3S/c1-20-16-18-23(19-17-20)30(21-10-4-2-5-11-21,22-12-6-3-7-13-22)29-26(28)24-14-8-9-15-25(24)27/h2-19,27H,1H3. The smallest absolute Gasteiger partial charge is 0.353 e. The molecule has 4 heteroatoms. The van der Waals surface area contributed by atoms with Crippen molar-refractivity contribution in [3.05, 3.63) is 120 Å². The summed E-state index contributed by atoms with van der Waals surface area (Å²) in [5.41, 5.74) is 1.27. The lowest BCUT2D eigenvalue weighted by Gasteiger charge is -2.39. The first-order valence-corrected chi connectivity index (χ1v) is 11.2. The summed E-state index contributed by atoms with van der Waals surface area (Å²) < 4.78 is 6.39. The Bertz CT molecular complexity index is 1100. The number of para-hydroxylation sites is 1. The van der Waals surface area contributed by atoms with Gasteiger partial charge in [0.2, 0.25) is 0 Å². The van der Waals surface area contributed by atoms with Crippen LogP contribution in [-0.4, -0.2) is 11.1 Å². The Morgan fingerprint density at radius 1 is 0.667 bits per heavy atom. The molecule has 0 unspecified atom stereocenters. The molecule has 0 aromatic heterocycles. The van der Waals surface area contributed by atoms with Crippen molar-refractivity contribution in [2.75, 3.05) is 0 Å². The van der Waals surface area contributed by atoms with Crippen molar-refractivity contribution in [1.29, 1.82) is 0 Å². The number of carbonyl (C=O) groups excluding carboxylic acids is 1. The normalized spacial score (nSPS) is 11.6. The number of phenolic OH excluding ortho intramolecular Hbond substituents is 1. The highest BCUT2D eigenvalue weighted by atomic mass is 32.3. The molecule has 0 aliphatic heterocycles. The maximum absolute atomic E-state index is 13.3. The van der Waals surface area contributed by atoms with Crippen LogP contribution in [-0.2, 0) is 4.18 Å². The summed E-state index contributed by atoms with van der Waals surface area (Å²) in [6, 6.07) is 34.2. The molecule has 4 aromatic carbocycles. The second-order valence-corrected chi connectivity index (χ2v) is 9.58. The zero-order valence-corrected chi connectivity index (χ0v) is 17.4. The molecule has 0 amide bonds. The summed E-state index contributed by atoms with van der Waals surface area (Å²) in [7, 11) is -2.37. The molecule has 150 valence electrons. The van der Waals surface area contributed by atoms with Gasteiger partial charge in [-0.2, -0.15) is 0 Å². The molecular formula is C26H22O3S. The highest BCUT2D eigenvalue weighted by molar-refractivity contribution is 8.30. The summed E-state index contributed by atoms with van der Waals surface area (Å²) in [5.74, 6) is -0.655. The molecule has 0 saturated carbocycles. The van der Waals surface area contributed by atoms with Crippen LogP contribution in [0.5, 0.6) is 5.75 Å². The first kappa shape index (κ1) is 19.8. The third-order valence-electron chi connectivity index (χ3n) is 4.83. The molecule has 0 saturated heterocycles. The highest BCUT2D eigenvalue weighted by Gasteiger charge is 2.36. The average molecular weight is 415 g/mol. The first-order chi connectivity index (χ1) is 14.6. The summed E-state index contributed by atoms with van der Waals surface area (Å²) in [4.78, 5) is 16.0. The lowest BCUT2D eigenvalue weighted by molar-refractivity contribution is 0.0754. The second-order valence-electron chi connectivity index (χ2n) is 6.88. The molecule has 0 radical (unpaired) electrons. The Morgan fingerprint density at radius 2 is 1.13 bits per heavy atom. The van der Waals surface area contributed by atoms with Crippen molar-refractivity contribution in [3.8, 4) is 5.75 Å². The summed E-state index contributed by atoms with van der Waals surface area (Å²) in [6.07, 6.45) is 0. The minimum absolute atomic E-state index is 0.0965. The summed E-state index contributed by atoms with van der Waals surface area (Å²) in [6.45, 7) is 2.03. The third-order valence-corrected chi connectivity index (χ3v) is 8.04. The largest absolute Gasteiger partial charge is 0.507 e. The van der Waals surface area contributed by atoms with E-state index >= 15 is 0 Å². The molecule has 0 atom stereocenters. The zero-order chi connectivity index (χ0) is 21.0. The van der Waals surface area contributed by atoms with Crippen molar-refractivity contribution in [1.82, 2.24) is 0 Å². The lowest BCUT2D eigenvalue weighted by Crippen LogP contribution is -2.14. The molecule has 0 spiro atoms. The van der Waals surface area contributed by atoms with Crippen LogP contribution < -0.4 is 0 Å². The van der Waals surface area contributed by atoms with Crippen LogP contribution in [0, 0.1) is 6.92 Å². The maximum atomic E-state index is 13.3. The summed E-state index contributed by atoms with van der Waals surface area (Å²) in [5, 5.41) is 10.2. The van der Waals surface area contributed by atoms with Gasteiger partial charge in [0.05, 0.1) is 0 Å². The predicted molar refractivity (Wildman–Crippen MR) is 120 cm³/mol. The number of hydrogen-bond acceptors (Lipinski definition) is 3. The Balaban J connectivity index is 1.96. The molecule has 3 nitrogen and oxygen atoms in total. The van der Waals surface area contributed by atoms with Crippen LogP contribution in [0.4, 0.5) is 0 Å². The van der Waals surface area contributed by atoms with Crippen molar-refractivity contribution < 1.29 is 14.1 Å². The van der Waals surface area contributed by atoms with Crippen LogP contribution in [0.2, 0.25) is 0 Å². The van der Waals surface area contributed by atoms with E-state index in [4.69, 9.17) is 4.18 Å². The molecule has 0 heterocycles. The average Bonchev–Trinajstić information content (AvgIpc) is 2.79. The molecule has 0 bridgehead atoms. The number of hydrogen-bond donors (Lipinski definition) is 1. The van der Waals surface area contributed by atoms with Crippen molar-refractivity contribution in [2.24, 2.45) is 0 Å². The minimum Gasteiger partial charge on any atom is -0.507 e. The van der Waals surface area contributed by atoms with E-state index in [-0.39, 0.29) is 11.3 Å². The van der Waals surface area contributed by atoms with E-state index in [2.05, 4.69) is 0 Å². The van der Waals surface area contributed by atoms with E-state index < -0.39 is 16.3 Å². The van der Waals surface area contributed by atoms with Gasteiger partial charge in [-0.25, -0.2) is 4.79 Å². The molecule has 30 heavy (non-hydrogen) atoms. The van der Waals surface area contributed by atoms with Gasteiger partial charge in [0, 0.05) is 14.7 Å². The van der Waals surface area contributed by atoms with Crippen LogP contribution in [0.15, 0.2) is 124 Å². The number of aromatic hydroxyl groups is 1. The number of carbonyl (C=O) groups is 1. The van der Waals surface area contributed by atoms with Gasteiger partial charge < -0.3 is 9.29 Å². The SMILES string of the molecule is Cc1ccc(S(OC(=O)c2ccccc2O)(c2ccccc2)c2ccccc2)cc1. The van der Waals surface area contributed by atoms with Gasteiger partial charge in [-0.1, -0.05) is 66.2 Å². The van der Waals surface area contributed by atoms with Crippen LogP contribution in [0.25, 0.3) is 0 Å². The lowest BCUT2D eigenvalue weighted by atomic mass is 10.2. The molecular weight excluding hydrogens is 392 g/mol. The molecule has 0 aliphatic rings. The van der Waals surface area contributed by atoms with Crippen LogP contribution in [0.1, 0.15) is 15.9 Å². The fourth-order valence-corrected chi connectivity index (χ4v) is 6.33. The zero-order valence-electron chi connectivity index (χ0n) is 16.6. The predicted octanol–water partition coefficient (Wildman–Crippen LogP) is 6.75. The Hall–Kier alpha value is -3.50. The van der Waals surface area contributed by atoms with E-state index in [1.807, 2.05) is 91.9 Å². The van der Waals surface area contributed by atoms with E-state index in [9.17, 15) is 9.90 Å². The topological polar surface area (TPSA) is 46.5 Å². The highest BCUT2D eigenvalue weighted by Crippen LogP contribution is 2.69. The molecule has 4 aromatic rings. The fourth-order valence-electron chi connectivity index (χ4n) is 3.31. The van der Waals surface area contributed by atoms with Gasteiger partial charge in [0.15, 0.2) is 0 Å². The van der Waals surface area contributed by atoms with Crippen LogP contribution in [0.3, 0.4) is 0 Å². The third kappa shape index (κ3) is 3.70.